The number of halogens is 4. The molecule has 1 aromatic rings. The SMILES string of the molecule is FC(F)(F)c1c[c]([Sn])ccc1Cl. The zero-order valence-electron chi connectivity index (χ0n) is 5.74. The van der Waals surface area contributed by atoms with Crippen molar-refractivity contribution >= 4 is 37.7 Å². The molecule has 0 heterocycles. The molecule has 0 N–H and O–H groups in total. The van der Waals surface area contributed by atoms with Gasteiger partial charge in [0.1, 0.15) is 0 Å². The van der Waals surface area contributed by atoms with Crippen LogP contribution in [0.5, 0.6) is 0 Å². The van der Waals surface area contributed by atoms with Gasteiger partial charge in [-0.25, -0.2) is 0 Å². The molecule has 0 atom stereocenters. The number of hydrogen-bond donors (Lipinski definition) is 0. The fourth-order valence-electron chi connectivity index (χ4n) is 0.743. The Balaban J connectivity index is 3.23. The van der Waals surface area contributed by atoms with E-state index in [2.05, 4.69) is 0 Å². The van der Waals surface area contributed by atoms with Gasteiger partial charge in [-0.2, -0.15) is 0 Å². The van der Waals surface area contributed by atoms with Gasteiger partial charge in [0.25, 0.3) is 0 Å². The van der Waals surface area contributed by atoms with E-state index < -0.39 is 11.7 Å². The molecule has 5 heteroatoms. The maximum absolute atomic E-state index is 12.2. The normalized spacial score (nSPS) is 11.8. The topological polar surface area (TPSA) is 0 Å². The Kier molecular flexibility index (Phi) is 2.93. The van der Waals surface area contributed by atoms with Crippen LogP contribution in [0.25, 0.3) is 0 Å². The Hall–Kier alpha value is 0.0987. The minimum absolute atomic E-state index is 0.242. The zero-order valence-corrected chi connectivity index (χ0v) is 9.35. The van der Waals surface area contributed by atoms with E-state index >= 15 is 0 Å². The molecule has 63 valence electrons. The summed E-state index contributed by atoms with van der Waals surface area (Å²) < 4.78 is 37.1. The zero-order chi connectivity index (χ0) is 9.35. The molecule has 0 aliphatic heterocycles. The Labute approximate surface area is 85.8 Å². The molecule has 3 radical (unpaired) electrons. The van der Waals surface area contributed by atoms with Gasteiger partial charge < -0.3 is 0 Å². The third kappa shape index (κ3) is 2.29. The fourth-order valence-corrected chi connectivity index (χ4v) is 1.62. The van der Waals surface area contributed by atoms with Crippen LogP contribution in [-0.2, 0) is 6.18 Å². The molecule has 0 amide bonds. The monoisotopic (exact) mass is 299 g/mol. The summed E-state index contributed by atoms with van der Waals surface area (Å²) in [5, 5.41) is -0.242. The summed E-state index contributed by atoms with van der Waals surface area (Å²) in [4.78, 5) is 0. The Morgan fingerprint density at radius 1 is 1.25 bits per heavy atom. The average molecular weight is 298 g/mol. The van der Waals surface area contributed by atoms with Crippen LogP contribution >= 0.6 is 11.6 Å². The predicted molar refractivity (Wildman–Crippen MR) is 41.8 cm³/mol. The molecule has 1 rings (SSSR count). The average Bonchev–Trinajstić information content (AvgIpc) is 1.92. The van der Waals surface area contributed by atoms with Gasteiger partial charge in [-0.05, 0) is 0 Å². The van der Waals surface area contributed by atoms with Crippen LogP contribution in [0.3, 0.4) is 0 Å². The first-order chi connectivity index (χ1) is 5.41. The van der Waals surface area contributed by atoms with Crippen LogP contribution in [0.2, 0.25) is 5.02 Å². The molecule has 0 nitrogen and oxygen atoms in total. The van der Waals surface area contributed by atoms with Crippen molar-refractivity contribution in [1.29, 1.82) is 0 Å². The molecule has 0 aliphatic rings. The fraction of sp³-hybridized carbons (Fsp3) is 0.143. The standard InChI is InChI=1S/C7H3ClF3.Sn/c8-6-4-2-1-3-5(6)7(9,10)11;/h2-4H;. The third-order valence-electron chi connectivity index (χ3n) is 1.27. The van der Waals surface area contributed by atoms with E-state index in [4.69, 9.17) is 11.6 Å². The Bertz CT molecular complexity index is 295. The van der Waals surface area contributed by atoms with Gasteiger partial charge in [0.05, 0.1) is 0 Å². The van der Waals surface area contributed by atoms with Crippen molar-refractivity contribution in [2.75, 3.05) is 0 Å². The van der Waals surface area contributed by atoms with E-state index in [9.17, 15) is 13.2 Å². The molecule has 0 fully saturated rings. The van der Waals surface area contributed by atoms with Gasteiger partial charge in [0.2, 0.25) is 0 Å². The predicted octanol–water partition coefficient (Wildman–Crippen LogP) is 2.15. The van der Waals surface area contributed by atoms with Crippen molar-refractivity contribution in [2.45, 2.75) is 6.18 Å². The first kappa shape index (κ1) is 10.2. The molecule has 0 saturated heterocycles. The van der Waals surface area contributed by atoms with Crippen molar-refractivity contribution in [3.05, 3.63) is 28.8 Å². The van der Waals surface area contributed by atoms with E-state index in [1.165, 1.54) is 6.07 Å². The second-order valence-electron chi connectivity index (χ2n) is 2.19. The number of alkyl halides is 3. The van der Waals surface area contributed by atoms with Crippen molar-refractivity contribution in [2.24, 2.45) is 0 Å². The molecular formula is C7H3ClF3Sn. The van der Waals surface area contributed by atoms with Gasteiger partial charge in [-0.1, -0.05) is 0 Å². The van der Waals surface area contributed by atoms with E-state index in [0.29, 0.717) is 3.58 Å². The van der Waals surface area contributed by atoms with Crippen LogP contribution in [0.1, 0.15) is 5.56 Å². The van der Waals surface area contributed by atoms with Crippen molar-refractivity contribution in [3.8, 4) is 0 Å². The molecule has 0 saturated carbocycles. The molecule has 12 heavy (non-hydrogen) atoms. The second-order valence-corrected chi connectivity index (χ2v) is 4.25. The molecule has 0 bridgehead atoms. The molecule has 0 spiro atoms. The Morgan fingerprint density at radius 2 is 1.83 bits per heavy atom. The van der Waals surface area contributed by atoms with Crippen molar-refractivity contribution < 1.29 is 13.2 Å². The quantitative estimate of drug-likeness (QED) is 0.644. The van der Waals surface area contributed by atoms with Gasteiger partial charge in [-0.3, -0.25) is 0 Å². The Morgan fingerprint density at radius 3 is 2.25 bits per heavy atom. The number of rotatable bonds is 0. The molecule has 0 aliphatic carbocycles. The van der Waals surface area contributed by atoms with Crippen LogP contribution in [0, 0.1) is 0 Å². The van der Waals surface area contributed by atoms with Crippen molar-refractivity contribution in [1.82, 2.24) is 0 Å². The molecule has 0 unspecified atom stereocenters. The minimum atomic E-state index is -4.34. The van der Waals surface area contributed by atoms with Gasteiger partial charge in [-0.15, -0.1) is 0 Å². The maximum atomic E-state index is 12.2. The summed E-state index contributed by atoms with van der Waals surface area (Å²) in [6.07, 6.45) is -4.34. The third-order valence-corrected chi connectivity index (χ3v) is 2.49. The summed E-state index contributed by atoms with van der Waals surface area (Å²) in [5.41, 5.74) is -0.751. The first-order valence-corrected chi connectivity index (χ1v) is 4.80. The van der Waals surface area contributed by atoms with Gasteiger partial charge >= 0.3 is 85.8 Å². The van der Waals surface area contributed by atoms with E-state index in [1.807, 2.05) is 0 Å². The summed E-state index contributed by atoms with van der Waals surface area (Å²) in [6, 6.07) is 3.92. The second kappa shape index (κ2) is 3.46. The van der Waals surface area contributed by atoms with Crippen molar-refractivity contribution in [3.63, 3.8) is 0 Å². The van der Waals surface area contributed by atoms with Crippen LogP contribution in [-0.4, -0.2) is 22.5 Å². The van der Waals surface area contributed by atoms with Crippen LogP contribution in [0.15, 0.2) is 18.2 Å². The summed E-state index contributed by atoms with van der Waals surface area (Å²) in [5.74, 6) is 0. The summed E-state index contributed by atoms with van der Waals surface area (Å²) in [6.45, 7) is 0. The van der Waals surface area contributed by atoms with Crippen LogP contribution < -0.4 is 3.58 Å². The van der Waals surface area contributed by atoms with E-state index in [1.54, 1.807) is 6.07 Å². The molecule has 0 aromatic heterocycles. The number of benzene rings is 1. The molecule has 1 aromatic carbocycles. The summed E-state index contributed by atoms with van der Waals surface area (Å²) >= 11 is 6.32. The summed E-state index contributed by atoms with van der Waals surface area (Å²) in [7, 11) is 0. The van der Waals surface area contributed by atoms with E-state index in [-0.39, 0.29) is 5.02 Å². The van der Waals surface area contributed by atoms with E-state index in [0.717, 1.165) is 28.6 Å². The van der Waals surface area contributed by atoms with Crippen LogP contribution in [0.4, 0.5) is 13.2 Å². The number of hydrogen-bond acceptors (Lipinski definition) is 0. The van der Waals surface area contributed by atoms with Gasteiger partial charge in [0.15, 0.2) is 0 Å². The van der Waals surface area contributed by atoms with Gasteiger partial charge in [0, 0.05) is 0 Å². The molecular weight excluding hydrogens is 295 g/mol. The first-order valence-electron chi connectivity index (χ1n) is 2.99.